The van der Waals surface area contributed by atoms with Gasteiger partial charge in [-0.05, 0) is 28.8 Å². The first-order chi connectivity index (χ1) is 11.2. The van der Waals surface area contributed by atoms with Gasteiger partial charge in [-0.3, -0.25) is 9.36 Å². The van der Waals surface area contributed by atoms with E-state index in [0.29, 0.717) is 30.7 Å². The fourth-order valence-electron chi connectivity index (χ4n) is 3.07. The van der Waals surface area contributed by atoms with Gasteiger partial charge in [0.1, 0.15) is 11.8 Å². The van der Waals surface area contributed by atoms with Crippen molar-refractivity contribution in [1.82, 2.24) is 24.4 Å². The SMILES string of the molecule is O=C(Cc1ccsc1)N1CC[C@@H](n2c(=O)[nH]c3cncnc32)C1. The zero-order chi connectivity index (χ0) is 15.8. The van der Waals surface area contributed by atoms with Crippen LogP contribution in [0.15, 0.2) is 34.1 Å². The van der Waals surface area contributed by atoms with Gasteiger partial charge in [0.15, 0.2) is 5.65 Å². The van der Waals surface area contributed by atoms with Gasteiger partial charge in [0.05, 0.1) is 18.7 Å². The van der Waals surface area contributed by atoms with Crippen LogP contribution in [0, 0.1) is 0 Å². The number of nitrogens with one attached hydrogen (secondary N) is 1. The summed E-state index contributed by atoms with van der Waals surface area (Å²) in [5.41, 5.74) is 2.07. The van der Waals surface area contributed by atoms with E-state index in [1.54, 1.807) is 22.1 Å². The summed E-state index contributed by atoms with van der Waals surface area (Å²) in [5, 5.41) is 3.97. The Balaban J connectivity index is 1.54. The van der Waals surface area contributed by atoms with Crippen molar-refractivity contribution in [3.8, 4) is 0 Å². The maximum absolute atomic E-state index is 12.4. The number of likely N-dealkylation sites (tertiary alicyclic amines) is 1. The second-order valence-electron chi connectivity index (χ2n) is 5.65. The quantitative estimate of drug-likeness (QED) is 0.782. The van der Waals surface area contributed by atoms with E-state index in [-0.39, 0.29) is 17.6 Å². The lowest BCUT2D eigenvalue weighted by Gasteiger charge is -2.16. The van der Waals surface area contributed by atoms with E-state index >= 15 is 0 Å². The molecule has 4 rings (SSSR count). The highest BCUT2D eigenvalue weighted by Crippen LogP contribution is 2.23. The minimum atomic E-state index is -0.197. The Morgan fingerprint density at radius 2 is 2.39 bits per heavy atom. The van der Waals surface area contributed by atoms with Gasteiger partial charge in [-0.25, -0.2) is 14.8 Å². The molecular formula is C15H15N5O2S. The number of aromatic amines is 1. The molecule has 7 nitrogen and oxygen atoms in total. The first-order valence-corrected chi connectivity index (χ1v) is 8.36. The maximum atomic E-state index is 12.4. The van der Waals surface area contributed by atoms with Gasteiger partial charge in [0, 0.05) is 13.1 Å². The van der Waals surface area contributed by atoms with Gasteiger partial charge in [0.25, 0.3) is 0 Å². The lowest BCUT2D eigenvalue weighted by molar-refractivity contribution is -0.129. The van der Waals surface area contributed by atoms with E-state index in [2.05, 4.69) is 15.0 Å². The monoisotopic (exact) mass is 329 g/mol. The number of carbonyl (C=O) groups excluding carboxylic acids is 1. The van der Waals surface area contributed by atoms with Crippen molar-refractivity contribution in [3.05, 3.63) is 45.4 Å². The van der Waals surface area contributed by atoms with Gasteiger partial charge >= 0.3 is 5.69 Å². The molecular weight excluding hydrogens is 314 g/mol. The van der Waals surface area contributed by atoms with Gasteiger partial charge < -0.3 is 9.88 Å². The molecule has 3 aromatic rings. The summed E-state index contributed by atoms with van der Waals surface area (Å²) >= 11 is 1.59. The molecule has 23 heavy (non-hydrogen) atoms. The molecule has 0 unspecified atom stereocenters. The zero-order valence-corrected chi connectivity index (χ0v) is 13.1. The molecule has 0 radical (unpaired) electrons. The zero-order valence-electron chi connectivity index (χ0n) is 12.3. The van der Waals surface area contributed by atoms with Crippen LogP contribution < -0.4 is 5.69 Å². The number of H-pyrrole nitrogens is 1. The van der Waals surface area contributed by atoms with Crippen LogP contribution in [0.2, 0.25) is 0 Å². The molecule has 1 aliphatic heterocycles. The number of aromatic nitrogens is 4. The van der Waals surface area contributed by atoms with Crippen LogP contribution in [0.5, 0.6) is 0 Å². The van der Waals surface area contributed by atoms with Crippen LogP contribution in [-0.4, -0.2) is 43.4 Å². The summed E-state index contributed by atoms with van der Waals surface area (Å²) in [5.74, 6) is 0.105. The van der Waals surface area contributed by atoms with Crippen LogP contribution in [0.3, 0.4) is 0 Å². The normalized spacial score (nSPS) is 17.9. The van der Waals surface area contributed by atoms with E-state index in [4.69, 9.17) is 0 Å². The Hall–Kier alpha value is -2.48. The van der Waals surface area contributed by atoms with Crippen LogP contribution in [-0.2, 0) is 11.2 Å². The molecule has 4 heterocycles. The third-order valence-electron chi connectivity index (χ3n) is 4.20. The molecule has 8 heteroatoms. The van der Waals surface area contributed by atoms with Gasteiger partial charge in [0.2, 0.25) is 5.91 Å². The van der Waals surface area contributed by atoms with Crippen molar-refractivity contribution < 1.29 is 4.79 Å². The Morgan fingerprint density at radius 1 is 1.48 bits per heavy atom. The molecule has 0 aliphatic carbocycles. The van der Waals surface area contributed by atoms with Gasteiger partial charge in [-0.2, -0.15) is 11.3 Å². The van der Waals surface area contributed by atoms with E-state index in [0.717, 1.165) is 12.0 Å². The third kappa shape index (κ3) is 2.55. The topological polar surface area (TPSA) is 83.9 Å². The highest BCUT2D eigenvalue weighted by atomic mass is 32.1. The van der Waals surface area contributed by atoms with Crippen LogP contribution in [0.4, 0.5) is 0 Å². The number of amides is 1. The summed E-state index contributed by atoms with van der Waals surface area (Å²) in [6, 6.07) is 1.93. The largest absolute Gasteiger partial charge is 0.340 e. The second-order valence-corrected chi connectivity index (χ2v) is 6.43. The number of hydrogen-bond donors (Lipinski definition) is 1. The van der Waals surface area contributed by atoms with Crippen molar-refractivity contribution in [3.63, 3.8) is 0 Å². The second kappa shape index (κ2) is 5.62. The Labute approximate surface area is 135 Å². The number of thiophene rings is 1. The van der Waals surface area contributed by atoms with Crippen molar-refractivity contribution >= 4 is 28.4 Å². The number of rotatable bonds is 3. The van der Waals surface area contributed by atoms with E-state index in [9.17, 15) is 9.59 Å². The number of carbonyl (C=O) groups is 1. The number of nitrogens with zero attached hydrogens (tertiary/aromatic N) is 4. The molecule has 0 bridgehead atoms. The van der Waals surface area contributed by atoms with Crippen molar-refractivity contribution in [2.24, 2.45) is 0 Å². The Bertz CT molecular complexity index is 898. The molecule has 1 N–H and O–H groups in total. The molecule has 118 valence electrons. The average Bonchev–Trinajstić information content (AvgIpc) is 3.25. The van der Waals surface area contributed by atoms with Gasteiger partial charge in [-0.1, -0.05) is 0 Å². The number of hydrogen-bond acceptors (Lipinski definition) is 5. The molecule has 1 amide bonds. The van der Waals surface area contributed by atoms with Crippen molar-refractivity contribution in [2.75, 3.05) is 13.1 Å². The average molecular weight is 329 g/mol. The molecule has 0 saturated carbocycles. The smallest absolute Gasteiger partial charge is 0.328 e. The molecule has 0 spiro atoms. The van der Waals surface area contributed by atoms with Crippen LogP contribution in [0.1, 0.15) is 18.0 Å². The standard InChI is InChI=1S/C15H15N5O2S/c21-13(5-10-2-4-23-8-10)19-3-1-11(7-19)20-14-12(18-15(20)22)6-16-9-17-14/h2,4,6,8-9,11H,1,3,5,7H2,(H,18,22)/t11-/m1/s1. The van der Waals surface area contributed by atoms with E-state index < -0.39 is 0 Å². The lowest BCUT2D eigenvalue weighted by atomic mass is 10.2. The van der Waals surface area contributed by atoms with Crippen LogP contribution >= 0.6 is 11.3 Å². The van der Waals surface area contributed by atoms with Crippen LogP contribution in [0.25, 0.3) is 11.2 Å². The fraction of sp³-hybridized carbons (Fsp3) is 0.333. The lowest BCUT2D eigenvalue weighted by Crippen LogP contribution is -2.31. The van der Waals surface area contributed by atoms with Crippen molar-refractivity contribution in [2.45, 2.75) is 18.9 Å². The molecule has 3 aromatic heterocycles. The summed E-state index contributed by atoms with van der Waals surface area (Å²) < 4.78 is 1.65. The number of fused-ring (bicyclic) bond motifs is 1. The summed E-state index contributed by atoms with van der Waals surface area (Å²) in [7, 11) is 0. The van der Waals surface area contributed by atoms with Gasteiger partial charge in [-0.15, -0.1) is 0 Å². The summed E-state index contributed by atoms with van der Waals surface area (Å²) in [6.45, 7) is 1.21. The first kappa shape index (κ1) is 14.1. The predicted molar refractivity (Wildman–Crippen MR) is 86.4 cm³/mol. The number of imidazole rings is 1. The van der Waals surface area contributed by atoms with E-state index in [1.165, 1.54) is 6.33 Å². The molecule has 0 aromatic carbocycles. The highest BCUT2D eigenvalue weighted by Gasteiger charge is 2.29. The molecule has 1 fully saturated rings. The van der Waals surface area contributed by atoms with Crippen molar-refractivity contribution in [1.29, 1.82) is 0 Å². The Kier molecular flexibility index (Phi) is 3.45. The first-order valence-electron chi connectivity index (χ1n) is 7.41. The minimum absolute atomic E-state index is 0.0439. The molecule has 1 atom stereocenters. The molecule has 1 saturated heterocycles. The summed E-state index contributed by atoms with van der Waals surface area (Å²) in [4.78, 5) is 37.3. The third-order valence-corrected chi connectivity index (χ3v) is 4.93. The maximum Gasteiger partial charge on any atom is 0.328 e. The van der Waals surface area contributed by atoms with E-state index in [1.807, 2.05) is 21.7 Å². The molecule has 1 aliphatic rings. The minimum Gasteiger partial charge on any atom is -0.340 e. The Morgan fingerprint density at radius 3 is 3.22 bits per heavy atom. The fourth-order valence-corrected chi connectivity index (χ4v) is 3.74. The summed E-state index contributed by atoms with van der Waals surface area (Å²) in [6.07, 6.45) is 4.20. The predicted octanol–water partition coefficient (Wildman–Crippen LogP) is 1.20. The highest BCUT2D eigenvalue weighted by molar-refractivity contribution is 7.08.